The Morgan fingerprint density at radius 3 is 2.38 bits per heavy atom. The molecule has 0 radical (unpaired) electrons. The lowest BCUT2D eigenvalue weighted by atomic mass is 9.98. The first-order valence-electron chi connectivity index (χ1n) is 11.3. The second-order valence-electron chi connectivity index (χ2n) is 8.28. The van der Waals surface area contributed by atoms with E-state index in [2.05, 4.69) is 45.9 Å². The first-order chi connectivity index (χ1) is 16.4. The van der Waals surface area contributed by atoms with Gasteiger partial charge in [-0.2, -0.15) is 5.10 Å². The minimum Gasteiger partial charge on any atom is -0.497 e. The van der Waals surface area contributed by atoms with E-state index in [1.807, 2.05) is 59.6 Å². The van der Waals surface area contributed by atoms with Crippen molar-refractivity contribution in [3.8, 4) is 17.2 Å². The van der Waals surface area contributed by atoms with Crippen LogP contribution in [0.5, 0.6) is 11.5 Å². The zero-order valence-corrected chi connectivity index (χ0v) is 20.5. The average molecular weight is 462 g/mol. The largest absolute Gasteiger partial charge is 0.497 e. The molecule has 9 nitrogen and oxygen atoms in total. The summed E-state index contributed by atoms with van der Waals surface area (Å²) in [5, 5.41) is 20.8. The van der Waals surface area contributed by atoms with Crippen molar-refractivity contribution < 1.29 is 9.47 Å². The monoisotopic (exact) mass is 461 g/mol. The lowest BCUT2D eigenvalue weighted by Gasteiger charge is -2.24. The van der Waals surface area contributed by atoms with Crippen molar-refractivity contribution in [2.45, 2.75) is 46.7 Å². The highest BCUT2D eigenvalue weighted by Gasteiger charge is 2.27. The molecule has 0 aliphatic carbocycles. The van der Waals surface area contributed by atoms with Crippen molar-refractivity contribution in [1.82, 2.24) is 30.0 Å². The van der Waals surface area contributed by atoms with E-state index in [9.17, 15) is 0 Å². The van der Waals surface area contributed by atoms with Crippen LogP contribution in [0.3, 0.4) is 0 Å². The maximum Gasteiger partial charge on any atom is 0.178 e. The van der Waals surface area contributed by atoms with Crippen molar-refractivity contribution in [1.29, 1.82) is 0 Å². The van der Waals surface area contributed by atoms with E-state index in [-0.39, 0.29) is 6.04 Å². The van der Waals surface area contributed by atoms with Gasteiger partial charge >= 0.3 is 0 Å². The molecule has 0 spiro atoms. The molecule has 0 saturated carbocycles. The molecule has 9 heteroatoms. The van der Waals surface area contributed by atoms with Crippen LogP contribution < -0.4 is 14.8 Å². The SMILES string of the molecule is CCCn1nnnc1C(Nc1ccc(-n2nc(C)cc2C)cc1)c1c(C)cc(OC)cc1OC. The number of rotatable bonds is 9. The van der Waals surface area contributed by atoms with E-state index in [4.69, 9.17) is 9.47 Å². The maximum atomic E-state index is 5.77. The van der Waals surface area contributed by atoms with E-state index in [1.54, 1.807) is 14.2 Å². The molecule has 0 saturated heterocycles. The second kappa shape index (κ2) is 9.94. The minimum absolute atomic E-state index is 0.332. The zero-order valence-electron chi connectivity index (χ0n) is 20.5. The van der Waals surface area contributed by atoms with Gasteiger partial charge in [-0.25, -0.2) is 9.36 Å². The number of nitrogens with one attached hydrogen (secondary N) is 1. The molecule has 0 amide bonds. The van der Waals surface area contributed by atoms with E-state index in [1.165, 1.54) is 0 Å². The lowest BCUT2D eigenvalue weighted by molar-refractivity contribution is 0.388. The van der Waals surface area contributed by atoms with Gasteiger partial charge in [0.15, 0.2) is 5.82 Å². The molecule has 0 aliphatic heterocycles. The van der Waals surface area contributed by atoms with Crippen molar-refractivity contribution in [3.63, 3.8) is 0 Å². The number of ether oxygens (including phenoxy) is 2. The van der Waals surface area contributed by atoms with Gasteiger partial charge in [-0.15, -0.1) is 5.10 Å². The fraction of sp³-hybridized carbons (Fsp3) is 0.360. The summed E-state index contributed by atoms with van der Waals surface area (Å²) < 4.78 is 15.0. The maximum absolute atomic E-state index is 5.77. The van der Waals surface area contributed by atoms with Gasteiger partial charge in [0.2, 0.25) is 0 Å². The fourth-order valence-corrected chi connectivity index (χ4v) is 4.20. The summed E-state index contributed by atoms with van der Waals surface area (Å²) in [6, 6.07) is 13.8. The number of tetrazole rings is 1. The topological polar surface area (TPSA) is 91.9 Å². The van der Waals surface area contributed by atoms with Gasteiger partial charge in [0.25, 0.3) is 0 Å². The average Bonchev–Trinajstić information content (AvgIpc) is 3.43. The number of hydrogen-bond acceptors (Lipinski definition) is 7. The predicted molar refractivity (Wildman–Crippen MR) is 131 cm³/mol. The van der Waals surface area contributed by atoms with Crippen LogP contribution in [0.25, 0.3) is 5.69 Å². The lowest BCUT2D eigenvalue weighted by Crippen LogP contribution is -2.20. The van der Waals surface area contributed by atoms with Crippen LogP contribution in [0.15, 0.2) is 42.5 Å². The minimum atomic E-state index is -0.332. The number of hydrogen-bond donors (Lipinski definition) is 1. The van der Waals surface area contributed by atoms with Crippen molar-refractivity contribution in [3.05, 3.63) is 70.8 Å². The third-order valence-corrected chi connectivity index (χ3v) is 5.75. The Labute approximate surface area is 199 Å². The molecule has 0 bridgehead atoms. The molecular weight excluding hydrogens is 430 g/mol. The summed E-state index contributed by atoms with van der Waals surface area (Å²) in [4.78, 5) is 0. The van der Waals surface area contributed by atoms with Crippen LogP contribution in [-0.4, -0.2) is 44.2 Å². The Hall–Kier alpha value is -3.88. The second-order valence-corrected chi connectivity index (χ2v) is 8.28. The summed E-state index contributed by atoms with van der Waals surface area (Å²) in [5.74, 6) is 2.16. The van der Waals surface area contributed by atoms with Crippen LogP contribution >= 0.6 is 0 Å². The summed E-state index contributed by atoms with van der Waals surface area (Å²) in [7, 11) is 3.31. The van der Waals surface area contributed by atoms with Gasteiger partial charge < -0.3 is 14.8 Å². The highest BCUT2D eigenvalue weighted by molar-refractivity contribution is 5.56. The molecule has 1 atom stereocenters. The number of benzene rings is 2. The van der Waals surface area contributed by atoms with E-state index in [0.29, 0.717) is 5.75 Å². The molecule has 2 aromatic heterocycles. The Morgan fingerprint density at radius 1 is 1.00 bits per heavy atom. The van der Waals surface area contributed by atoms with Crippen LogP contribution in [0.4, 0.5) is 5.69 Å². The smallest absolute Gasteiger partial charge is 0.178 e. The third kappa shape index (κ3) is 4.59. The molecule has 34 heavy (non-hydrogen) atoms. The summed E-state index contributed by atoms with van der Waals surface area (Å²) in [5.41, 5.74) is 5.98. The number of aromatic nitrogens is 6. The molecule has 2 heterocycles. The van der Waals surface area contributed by atoms with Crippen LogP contribution in [0.1, 0.15) is 47.7 Å². The van der Waals surface area contributed by atoms with E-state index < -0.39 is 0 Å². The first-order valence-corrected chi connectivity index (χ1v) is 11.3. The van der Waals surface area contributed by atoms with Gasteiger partial charge in [-0.05, 0) is 79.6 Å². The van der Waals surface area contributed by atoms with Crippen molar-refractivity contribution in [2.75, 3.05) is 19.5 Å². The summed E-state index contributed by atoms with van der Waals surface area (Å²) in [6.07, 6.45) is 0.917. The third-order valence-electron chi connectivity index (χ3n) is 5.75. The molecule has 4 rings (SSSR count). The molecule has 4 aromatic rings. The van der Waals surface area contributed by atoms with Crippen molar-refractivity contribution in [2.24, 2.45) is 0 Å². The standard InChI is InChI=1S/C25H31N7O2/c1-7-12-31-25(27-29-30-31)24(23-16(2)13-21(33-5)15-22(23)34-6)26-19-8-10-20(11-9-19)32-18(4)14-17(3)28-32/h8-11,13-15,24,26H,7,12H2,1-6H3. The number of aryl methyl sites for hydroxylation is 4. The van der Waals surface area contributed by atoms with Gasteiger partial charge in [-0.3, -0.25) is 0 Å². The number of methoxy groups -OCH3 is 2. The van der Waals surface area contributed by atoms with Gasteiger partial charge in [0.1, 0.15) is 17.5 Å². The van der Waals surface area contributed by atoms with Crippen LogP contribution in [0, 0.1) is 20.8 Å². The quantitative estimate of drug-likeness (QED) is 0.395. The van der Waals surface area contributed by atoms with Gasteiger partial charge in [-0.1, -0.05) is 6.92 Å². The Bertz CT molecular complexity index is 1260. The molecule has 0 aliphatic rings. The Morgan fingerprint density at radius 2 is 1.76 bits per heavy atom. The molecule has 0 fully saturated rings. The number of anilines is 1. The van der Waals surface area contributed by atoms with E-state index in [0.717, 1.165) is 58.4 Å². The van der Waals surface area contributed by atoms with E-state index >= 15 is 0 Å². The first kappa shape index (κ1) is 23.3. The van der Waals surface area contributed by atoms with Crippen LogP contribution in [-0.2, 0) is 6.54 Å². The highest BCUT2D eigenvalue weighted by atomic mass is 16.5. The Balaban J connectivity index is 1.76. The molecule has 1 unspecified atom stereocenters. The molecule has 2 aromatic carbocycles. The fourth-order valence-electron chi connectivity index (χ4n) is 4.20. The molecule has 178 valence electrons. The van der Waals surface area contributed by atoms with Crippen LogP contribution in [0.2, 0.25) is 0 Å². The van der Waals surface area contributed by atoms with Gasteiger partial charge in [0.05, 0.1) is 25.6 Å². The van der Waals surface area contributed by atoms with Crippen molar-refractivity contribution >= 4 is 5.69 Å². The predicted octanol–water partition coefficient (Wildman–Crippen LogP) is 4.41. The highest BCUT2D eigenvalue weighted by Crippen LogP contribution is 2.37. The number of nitrogens with zero attached hydrogens (tertiary/aromatic N) is 6. The Kier molecular flexibility index (Phi) is 6.81. The molecule has 1 N–H and O–H groups in total. The summed E-state index contributed by atoms with van der Waals surface area (Å²) in [6.45, 7) is 8.90. The summed E-state index contributed by atoms with van der Waals surface area (Å²) >= 11 is 0. The van der Waals surface area contributed by atoms with Gasteiger partial charge in [0, 0.05) is 29.6 Å². The zero-order chi connectivity index (χ0) is 24.2. The molecular formula is C25H31N7O2. The normalized spacial score (nSPS) is 11.9.